The molecule has 6 heteroatoms. The molecule has 1 aliphatic heterocycles. The molecule has 1 unspecified atom stereocenters. The summed E-state index contributed by atoms with van der Waals surface area (Å²) in [7, 11) is 0. The van der Waals surface area contributed by atoms with Gasteiger partial charge in [-0.15, -0.1) is 0 Å². The predicted molar refractivity (Wildman–Crippen MR) is 131 cm³/mol. The van der Waals surface area contributed by atoms with Crippen molar-refractivity contribution in [2.45, 2.75) is 39.0 Å². The Morgan fingerprint density at radius 1 is 1.19 bits per heavy atom. The lowest BCUT2D eigenvalue weighted by Crippen LogP contribution is -2.47. The van der Waals surface area contributed by atoms with Gasteiger partial charge in [-0.1, -0.05) is 26.0 Å². The van der Waals surface area contributed by atoms with Crippen molar-refractivity contribution in [1.29, 1.82) is 5.26 Å². The summed E-state index contributed by atoms with van der Waals surface area (Å²) in [5, 5.41) is 14.2. The smallest absolute Gasteiger partial charge is 0.159 e. The van der Waals surface area contributed by atoms with Gasteiger partial charge in [0.15, 0.2) is 5.78 Å². The van der Waals surface area contributed by atoms with Gasteiger partial charge in [0.25, 0.3) is 0 Å². The molecule has 0 aliphatic carbocycles. The molecule has 32 heavy (non-hydrogen) atoms. The Kier molecular flexibility index (Phi) is 8.86. The van der Waals surface area contributed by atoms with Crippen molar-refractivity contribution in [3.05, 3.63) is 52.2 Å². The van der Waals surface area contributed by atoms with Crippen LogP contribution in [0.5, 0.6) is 5.75 Å². The van der Waals surface area contributed by atoms with Crippen LogP contribution in [0.1, 0.15) is 49.5 Å². The van der Waals surface area contributed by atoms with Crippen LogP contribution in [0.25, 0.3) is 0 Å². The van der Waals surface area contributed by atoms with Crippen LogP contribution >= 0.6 is 11.3 Å². The topological polar surface area (TPSA) is 56.6 Å². The van der Waals surface area contributed by atoms with Crippen LogP contribution in [0, 0.1) is 17.2 Å². The third kappa shape index (κ3) is 6.19. The number of carbonyl (C=O) groups is 1. The van der Waals surface area contributed by atoms with Crippen LogP contribution in [0.2, 0.25) is 0 Å². The summed E-state index contributed by atoms with van der Waals surface area (Å²) in [5.41, 5.74) is 1.49. The van der Waals surface area contributed by atoms with E-state index >= 15 is 0 Å². The Bertz CT molecular complexity index is 898. The Labute approximate surface area is 196 Å². The summed E-state index contributed by atoms with van der Waals surface area (Å²) in [5.74, 6) is 1.12. The molecule has 1 aromatic carbocycles. The van der Waals surface area contributed by atoms with Gasteiger partial charge in [-0.3, -0.25) is 9.69 Å². The SMILES string of the molecule is CC(=O)c1cccc(OCCN2CCN(CCCC(C#N)(c3ccsc3)C(C)C)CC2)c1. The first-order chi connectivity index (χ1) is 15.4. The second-order valence-corrected chi connectivity index (χ2v) is 9.75. The molecule has 0 radical (unpaired) electrons. The van der Waals surface area contributed by atoms with E-state index in [2.05, 4.69) is 46.5 Å². The van der Waals surface area contributed by atoms with Gasteiger partial charge in [0.1, 0.15) is 12.4 Å². The van der Waals surface area contributed by atoms with Crippen LogP contribution in [0.4, 0.5) is 0 Å². The molecule has 1 aliphatic rings. The van der Waals surface area contributed by atoms with Crippen molar-refractivity contribution in [2.75, 3.05) is 45.9 Å². The molecule has 0 saturated carbocycles. The van der Waals surface area contributed by atoms with Gasteiger partial charge in [-0.25, -0.2) is 0 Å². The third-order valence-corrected chi connectivity index (χ3v) is 7.33. The van der Waals surface area contributed by atoms with Crippen LogP contribution in [-0.4, -0.2) is 61.5 Å². The molecule has 3 rings (SSSR count). The lowest BCUT2D eigenvalue weighted by atomic mass is 9.71. The molecule has 1 saturated heterocycles. The number of carbonyl (C=O) groups excluding carboxylic acids is 1. The maximum Gasteiger partial charge on any atom is 0.159 e. The summed E-state index contributed by atoms with van der Waals surface area (Å²) in [6.45, 7) is 12.6. The average molecular weight is 454 g/mol. The van der Waals surface area contributed by atoms with Gasteiger partial charge in [0, 0.05) is 38.3 Å². The van der Waals surface area contributed by atoms with Crippen molar-refractivity contribution >= 4 is 17.1 Å². The summed E-state index contributed by atoms with van der Waals surface area (Å²) in [6.07, 6.45) is 1.95. The number of benzene rings is 1. The zero-order valence-corrected chi connectivity index (χ0v) is 20.4. The average Bonchev–Trinajstić information content (AvgIpc) is 3.33. The van der Waals surface area contributed by atoms with Gasteiger partial charge in [0.05, 0.1) is 11.5 Å². The molecule has 0 N–H and O–H groups in total. The van der Waals surface area contributed by atoms with E-state index < -0.39 is 0 Å². The molecule has 0 amide bonds. The Morgan fingerprint density at radius 3 is 2.50 bits per heavy atom. The van der Waals surface area contributed by atoms with Crippen molar-refractivity contribution in [2.24, 2.45) is 5.92 Å². The van der Waals surface area contributed by atoms with E-state index in [0.717, 1.165) is 57.9 Å². The quantitative estimate of drug-likeness (QED) is 0.456. The van der Waals surface area contributed by atoms with Gasteiger partial charge >= 0.3 is 0 Å². The Balaban J connectivity index is 1.38. The minimum Gasteiger partial charge on any atom is -0.492 e. The highest BCUT2D eigenvalue weighted by atomic mass is 32.1. The minimum atomic E-state index is -0.376. The van der Waals surface area contributed by atoms with Crippen molar-refractivity contribution in [3.8, 4) is 11.8 Å². The molecule has 5 nitrogen and oxygen atoms in total. The van der Waals surface area contributed by atoms with E-state index in [1.807, 2.05) is 24.3 Å². The number of hydrogen-bond acceptors (Lipinski definition) is 6. The minimum absolute atomic E-state index is 0.0577. The fourth-order valence-electron chi connectivity index (χ4n) is 4.45. The number of rotatable bonds is 11. The first kappa shape index (κ1) is 24.4. The Hall–Kier alpha value is -2.20. The van der Waals surface area contributed by atoms with Crippen molar-refractivity contribution in [3.63, 3.8) is 0 Å². The molecule has 1 atom stereocenters. The largest absolute Gasteiger partial charge is 0.492 e. The molecule has 2 aromatic rings. The molecule has 0 spiro atoms. The van der Waals surface area contributed by atoms with Gasteiger partial charge in [-0.05, 0) is 66.8 Å². The van der Waals surface area contributed by atoms with E-state index in [9.17, 15) is 10.1 Å². The highest BCUT2D eigenvalue weighted by Gasteiger charge is 2.36. The number of nitriles is 1. The van der Waals surface area contributed by atoms with E-state index in [0.29, 0.717) is 18.1 Å². The van der Waals surface area contributed by atoms with Crippen LogP contribution in [0.3, 0.4) is 0 Å². The highest BCUT2D eigenvalue weighted by molar-refractivity contribution is 7.08. The van der Waals surface area contributed by atoms with E-state index in [1.165, 1.54) is 5.56 Å². The predicted octanol–water partition coefficient (Wildman–Crippen LogP) is 4.84. The first-order valence-electron chi connectivity index (χ1n) is 11.6. The van der Waals surface area contributed by atoms with Crippen LogP contribution in [0.15, 0.2) is 41.1 Å². The number of piperazine rings is 1. The zero-order chi connectivity index (χ0) is 23.0. The van der Waals surface area contributed by atoms with Gasteiger partial charge < -0.3 is 9.64 Å². The normalized spacial score (nSPS) is 17.1. The molecule has 1 aromatic heterocycles. The summed E-state index contributed by atoms with van der Waals surface area (Å²) >= 11 is 1.68. The second kappa shape index (κ2) is 11.6. The molecule has 0 bridgehead atoms. The molecular weight excluding hydrogens is 418 g/mol. The van der Waals surface area contributed by atoms with E-state index in [4.69, 9.17) is 4.74 Å². The first-order valence-corrected chi connectivity index (χ1v) is 12.5. The fourth-order valence-corrected chi connectivity index (χ4v) is 5.19. The molecule has 172 valence electrons. The monoisotopic (exact) mass is 453 g/mol. The van der Waals surface area contributed by atoms with E-state index in [-0.39, 0.29) is 11.2 Å². The maximum absolute atomic E-state index is 11.5. The summed E-state index contributed by atoms with van der Waals surface area (Å²) < 4.78 is 5.86. The summed E-state index contributed by atoms with van der Waals surface area (Å²) in [6, 6.07) is 12.2. The summed E-state index contributed by atoms with van der Waals surface area (Å²) in [4.78, 5) is 16.5. The number of ether oxygens (including phenoxy) is 1. The van der Waals surface area contributed by atoms with Crippen molar-refractivity contribution in [1.82, 2.24) is 9.80 Å². The lowest BCUT2D eigenvalue weighted by Gasteiger charge is -2.36. The second-order valence-electron chi connectivity index (χ2n) is 8.97. The third-order valence-electron chi connectivity index (χ3n) is 6.65. The lowest BCUT2D eigenvalue weighted by molar-refractivity contribution is 0.101. The number of Topliss-reactive ketones (excluding diaryl/α,β-unsaturated/α-hetero) is 1. The molecule has 2 heterocycles. The van der Waals surface area contributed by atoms with Crippen molar-refractivity contribution < 1.29 is 9.53 Å². The van der Waals surface area contributed by atoms with Gasteiger partial charge in [-0.2, -0.15) is 16.6 Å². The number of hydrogen-bond donors (Lipinski definition) is 0. The standard InChI is InChI=1S/C26H35N3O2S/c1-21(2)26(20-27,24-8-17-32-19-24)9-5-10-28-11-13-29(14-12-28)15-16-31-25-7-4-6-23(18-25)22(3)30/h4,6-8,17-19,21H,5,9-16H2,1-3H3. The molecule has 1 fully saturated rings. The van der Waals surface area contributed by atoms with Crippen LogP contribution < -0.4 is 4.74 Å². The number of nitrogens with zero attached hydrogens (tertiary/aromatic N) is 3. The van der Waals surface area contributed by atoms with E-state index in [1.54, 1.807) is 18.3 Å². The van der Waals surface area contributed by atoms with Gasteiger partial charge in [0.2, 0.25) is 0 Å². The number of ketones is 1. The molecular formula is C26H35N3O2S. The fraction of sp³-hybridized carbons (Fsp3) is 0.538. The highest BCUT2D eigenvalue weighted by Crippen LogP contribution is 2.37. The number of thiophene rings is 1. The Morgan fingerprint density at radius 2 is 1.91 bits per heavy atom. The maximum atomic E-state index is 11.5. The van der Waals surface area contributed by atoms with Crippen LogP contribution in [-0.2, 0) is 5.41 Å². The zero-order valence-electron chi connectivity index (χ0n) is 19.5.